The number of anilines is 8. The Hall–Kier alpha value is -6.20. The molecule has 0 spiro atoms. The second-order valence-electron chi connectivity index (χ2n) is 24.3. The first kappa shape index (κ1) is 43.1. The van der Waals surface area contributed by atoms with Crippen molar-refractivity contribution in [2.45, 2.75) is 136 Å². The van der Waals surface area contributed by atoms with Crippen LogP contribution in [0.15, 0.2) is 138 Å². The third-order valence-corrected chi connectivity index (χ3v) is 16.9. The number of benzene rings is 7. The van der Waals surface area contributed by atoms with Crippen molar-refractivity contribution in [3.05, 3.63) is 161 Å². The zero-order valence-corrected chi connectivity index (χ0v) is 42.4. The molecule has 0 amide bonds. The highest BCUT2D eigenvalue weighted by atomic mass is 16.3. The number of para-hydroxylation sites is 1. The van der Waals surface area contributed by atoms with Gasteiger partial charge in [-0.15, -0.1) is 0 Å². The van der Waals surface area contributed by atoms with E-state index in [9.17, 15) is 0 Å². The van der Waals surface area contributed by atoms with E-state index in [1.807, 2.05) is 0 Å². The smallest absolute Gasteiger partial charge is 0.252 e. The van der Waals surface area contributed by atoms with Crippen LogP contribution in [0.3, 0.4) is 0 Å². The fraction of sp³-hybridized carbons (Fsp3) is 0.333. The summed E-state index contributed by atoms with van der Waals surface area (Å²) in [6.45, 7) is 28.5. The molecule has 0 bridgehead atoms. The van der Waals surface area contributed by atoms with Gasteiger partial charge in [-0.05, 0) is 160 Å². The lowest BCUT2D eigenvalue weighted by Gasteiger charge is -2.52. The van der Waals surface area contributed by atoms with Crippen LogP contribution in [0.2, 0.25) is 0 Å². The highest BCUT2D eigenvalue weighted by Crippen LogP contribution is 2.62. The number of hydrogen-bond donors (Lipinski definition) is 0. The van der Waals surface area contributed by atoms with Crippen molar-refractivity contribution in [3.63, 3.8) is 0 Å². The van der Waals surface area contributed by atoms with Crippen molar-refractivity contribution in [2.75, 3.05) is 14.7 Å². The second kappa shape index (κ2) is 14.4. The van der Waals surface area contributed by atoms with E-state index in [1.165, 1.54) is 87.1 Å². The highest BCUT2D eigenvalue weighted by Gasteiger charge is 2.61. The van der Waals surface area contributed by atoms with E-state index in [-0.39, 0.29) is 33.9 Å². The number of hydrogen-bond acceptors (Lipinski definition) is 4. The molecule has 12 rings (SSSR count). The quantitative estimate of drug-likeness (QED) is 0.164. The van der Waals surface area contributed by atoms with Crippen LogP contribution < -0.4 is 31.1 Å². The van der Waals surface area contributed by atoms with Crippen LogP contribution >= 0.6 is 0 Å². The molecule has 2 atom stereocenters. The molecule has 0 saturated heterocycles. The summed E-state index contributed by atoms with van der Waals surface area (Å²) < 4.78 is 6.47. The SMILES string of the molecule is Cc1cc2c3c(c1)N1c4c(cc(C(C)(C)C)cc4C4(C)CCCCC14C)B3c1ccc(N(c3ccc(C(C)(C)C)cc3)c3ccc(C(C)(C)C)cc3)cc1N2c1ccc2oc3ccccc3c2c1. The number of furan rings is 1. The summed E-state index contributed by atoms with van der Waals surface area (Å²) in [4.78, 5) is 7.93. The minimum Gasteiger partial charge on any atom is -0.456 e. The molecule has 0 N–H and O–H groups in total. The molecule has 2 unspecified atom stereocenters. The van der Waals surface area contributed by atoms with Gasteiger partial charge in [0.25, 0.3) is 6.71 Å². The summed E-state index contributed by atoms with van der Waals surface area (Å²) >= 11 is 0. The van der Waals surface area contributed by atoms with E-state index < -0.39 is 0 Å². The molecule has 4 heterocycles. The van der Waals surface area contributed by atoms with Crippen LogP contribution in [0.25, 0.3) is 21.9 Å². The lowest BCUT2D eigenvalue weighted by atomic mass is 9.33. The Morgan fingerprint density at radius 2 is 1.15 bits per heavy atom. The van der Waals surface area contributed by atoms with Crippen LogP contribution in [0.1, 0.15) is 130 Å². The predicted octanol–water partition coefficient (Wildman–Crippen LogP) is 15.6. The second-order valence-corrected chi connectivity index (χ2v) is 24.3. The largest absolute Gasteiger partial charge is 0.456 e. The average molecular weight is 892 g/mol. The van der Waals surface area contributed by atoms with E-state index in [2.05, 4.69) is 231 Å². The van der Waals surface area contributed by atoms with Gasteiger partial charge in [0.05, 0.1) is 5.54 Å². The zero-order chi connectivity index (χ0) is 47.4. The van der Waals surface area contributed by atoms with Crippen molar-refractivity contribution < 1.29 is 4.42 Å². The number of aryl methyl sites for hydroxylation is 1. The molecule has 68 heavy (non-hydrogen) atoms. The molecule has 5 heteroatoms. The van der Waals surface area contributed by atoms with Gasteiger partial charge >= 0.3 is 0 Å². The lowest BCUT2D eigenvalue weighted by Crippen LogP contribution is -2.64. The fourth-order valence-corrected chi connectivity index (χ4v) is 12.8. The third-order valence-electron chi connectivity index (χ3n) is 16.9. The Morgan fingerprint density at radius 3 is 1.81 bits per heavy atom. The third kappa shape index (κ3) is 6.19. The summed E-state index contributed by atoms with van der Waals surface area (Å²) in [6.07, 6.45) is 4.89. The molecule has 7 aromatic carbocycles. The van der Waals surface area contributed by atoms with Gasteiger partial charge in [0.1, 0.15) is 11.2 Å². The summed E-state index contributed by atoms with van der Waals surface area (Å²) in [5, 5.41) is 2.27. The van der Waals surface area contributed by atoms with Gasteiger partial charge in [0.15, 0.2) is 0 Å². The standard InChI is InChI=1S/C63H66BN3O/c1-39-33-53-57-54(34-39)67-58-49(62(11)31-15-16-32-63(62,67)12)35-42(61(8,9)10)36-51(58)64(57)50-29-27-46(38-52(50)66(53)45-28-30-56-48(37-45)47-17-13-14-18-55(47)68-56)65(43-23-19-40(20-24-43)59(2,3)4)44-25-21-41(22-26-44)60(5,6)7/h13-14,17-30,33-38H,15-16,31-32H2,1-12H3. The van der Waals surface area contributed by atoms with Crippen LogP contribution in [0, 0.1) is 6.92 Å². The van der Waals surface area contributed by atoms with Crippen LogP contribution in [0.4, 0.5) is 45.5 Å². The van der Waals surface area contributed by atoms with Gasteiger partial charge in [-0.25, -0.2) is 0 Å². The molecule has 0 radical (unpaired) electrons. The van der Waals surface area contributed by atoms with E-state index >= 15 is 0 Å². The van der Waals surface area contributed by atoms with Gasteiger partial charge < -0.3 is 19.1 Å². The Labute approximate surface area is 405 Å². The minimum atomic E-state index is -0.0550. The monoisotopic (exact) mass is 892 g/mol. The fourth-order valence-electron chi connectivity index (χ4n) is 12.8. The van der Waals surface area contributed by atoms with Crippen LogP contribution in [-0.4, -0.2) is 12.3 Å². The van der Waals surface area contributed by atoms with Crippen molar-refractivity contribution >= 4 is 90.5 Å². The maximum Gasteiger partial charge on any atom is 0.252 e. The van der Waals surface area contributed by atoms with E-state index in [0.29, 0.717) is 0 Å². The van der Waals surface area contributed by atoms with Gasteiger partial charge in [0.2, 0.25) is 0 Å². The number of fused-ring (bicyclic) bond motifs is 10. The number of nitrogens with zero attached hydrogens (tertiary/aromatic N) is 3. The summed E-state index contributed by atoms with van der Waals surface area (Å²) in [7, 11) is 0. The van der Waals surface area contributed by atoms with E-state index in [1.54, 1.807) is 5.56 Å². The Bertz CT molecular complexity index is 3300. The molecule has 4 aliphatic rings. The van der Waals surface area contributed by atoms with Gasteiger partial charge in [-0.3, -0.25) is 0 Å². The molecule has 4 nitrogen and oxygen atoms in total. The predicted molar refractivity (Wildman–Crippen MR) is 291 cm³/mol. The van der Waals surface area contributed by atoms with Crippen molar-refractivity contribution in [1.29, 1.82) is 0 Å². The Kier molecular flexibility index (Phi) is 9.14. The molecular formula is C63H66BN3O. The molecule has 1 fully saturated rings. The lowest BCUT2D eigenvalue weighted by molar-refractivity contribution is 0.195. The summed E-state index contributed by atoms with van der Waals surface area (Å²) in [5.74, 6) is 0. The first-order valence-electron chi connectivity index (χ1n) is 25.2. The molecular weight excluding hydrogens is 826 g/mol. The Balaban J connectivity index is 1.16. The van der Waals surface area contributed by atoms with Crippen molar-refractivity contribution in [1.82, 2.24) is 0 Å². The van der Waals surface area contributed by atoms with Gasteiger partial charge in [0, 0.05) is 61.7 Å². The maximum atomic E-state index is 6.47. The van der Waals surface area contributed by atoms with Crippen molar-refractivity contribution in [2.24, 2.45) is 0 Å². The Morgan fingerprint density at radius 1 is 0.544 bits per heavy atom. The molecule has 1 saturated carbocycles. The number of rotatable bonds is 4. The molecule has 8 aromatic rings. The molecule has 3 aliphatic heterocycles. The normalized spacial score (nSPS) is 19.6. The van der Waals surface area contributed by atoms with Gasteiger partial charge in [-0.2, -0.15) is 0 Å². The zero-order valence-electron chi connectivity index (χ0n) is 42.4. The first-order valence-corrected chi connectivity index (χ1v) is 25.2. The van der Waals surface area contributed by atoms with E-state index in [0.717, 1.165) is 44.7 Å². The topological polar surface area (TPSA) is 22.9 Å². The minimum absolute atomic E-state index is 0.0154. The van der Waals surface area contributed by atoms with Gasteiger partial charge in [-0.1, -0.05) is 143 Å². The first-order chi connectivity index (χ1) is 32.2. The molecule has 342 valence electrons. The van der Waals surface area contributed by atoms with E-state index in [4.69, 9.17) is 4.42 Å². The van der Waals surface area contributed by atoms with Crippen molar-refractivity contribution in [3.8, 4) is 0 Å². The molecule has 1 aromatic heterocycles. The maximum absolute atomic E-state index is 6.47. The van der Waals surface area contributed by atoms with Crippen LogP contribution in [0.5, 0.6) is 0 Å². The van der Waals surface area contributed by atoms with Crippen LogP contribution in [-0.2, 0) is 21.7 Å². The summed E-state index contributed by atoms with van der Waals surface area (Å²) in [5.41, 5.74) is 22.9. The highest BCUT2D eigenvalue weighted by molar-refractivity contribution is 7.00. The molecule has 1 aliphatic carbocycles. The summed E-state index contributed by atoms with van der Waals surface area (Å²) in [6, 6.07) is 51.5. The average Bonchev–Trinajstić information content (AvgIpc) is 3.76.